The van der Waals surface area contributed by atoms with E-state index in [-0.39, 0.29) is 5.60 Å². The van der Waals surface area contributed by atoms with Gasteiger partial charge in [-0.2, -0.15) is 0 Å². The third-order valence-corrected chi connectivity index (χ3v) is 3.40. The number of rotatable bonds is 4. The number of likely N-dealkylation sites (N-methyl/N-ethyl adjacent to an activating group) is 1. The van der Waals surface area contributed by atoms with Gasteiger partial charge in [0.2, 0.25) is 0 Å². The minimum atomic E-state index is 0.141. The number of methoxy groups -OCH3 is 1. The van der Waals surface area contributed by atoms with Crippen molar-refractivity contribution in [3.63, 3.8) is 0 Å². The Morgan fingerprint density at radius 3 is 2.93 bits per heavy atom. The van der Waals surface area contributed by atoms with Gasteiger partial charge in [-0.1, -0.05) is 0 Å². The summed E-state index contributed by atoms with van der Waals surface area (Å²) in [5.41, 5.74) is 0.141. The van der Waals surface area contributed by atoms with E-state index in [1.807, 2.05) is 0 Å². The third kappa shape index (κ3) is 2.69. The van der Waals surface area contributed by atoms with Crippen LogP contribution in [-0.4, -0.2) is 69.1 Å². The number of hydrogen-bond donors (Lipinski definition) is 0. The van der Waals surface area contributed by atoms with Crippen LogP contribution in [0.4, 0.5) is 0 Å². The first-order chi connectivity index (χ1) is 7.24. The average Bonchev–Trinajstić information content (AvgIpc) is 2.76. The first kappa shape index (κ1) is 11.3. The standard InChI is InChI=1S/C11H22N2O2/c1-12-6-4-11(8-12)9-13(10-15-11)5-3-7-14-2/h3-10H2,1-2H3. The zero-order valence-electron chi connectivity index (χ0n) is 9.87. The first-order valence-corrected chi connectivity index (χ1v) is 5.78. The lowest BCUT2D eigenvalue weighted by Crippen LogP contribution is -2.37. The Kier molecular flexibility index (Phi) is 3.61. The molecule has 0 amide bonds. The van der Waals surface area contributed by atoms with Gasteiger partial charge in [-0.25, -0.2) is 0 Å². The van der Waals surface area contributed by atoms with Crippen LogP contribution in [0.3, 0.4) is 0 Å². The van der Waals surface area contributed by atoms with Crippen molar-refractivity contribution >= 4 is 0 Å². The molecule has 2 rings (SSSR count). The van der Waals surface area contributed by atoms with Crippen molar-refractivity contribution in [3.8, 4) is 0 Å². The highest BCUT2D eigenvalue weighted by Crippen LogP contribution is 2.30. The van der Waals surface area contributed by atoms with Crippen molar-refractivity contribution in [1.82, 2.24) is 9.80 Å². The molecule has 0 aromatic rings. The van der Waals surface area contributed by atoms with Gasteiger partial charge in [0.1, 0.15) is 0 Å². The van der Waals surface area contributed by atoms with Crippen LogP contribution in [0.2, 0.25) is 0 Å². The summed E-state index contributed by atoms with van der Waals surface area (Å²) in [5.74, 6) is 0. The molecule has 0 saturated carbocycles. The van der Waals surface area contributed by atoms with Crippen LogP contribution in [0.1, 0.15) is 12.8 Å². The molecule has 1 spiro atoms. The summed E-state index contributed by atoms with van der Waals surface area (Å²) < 4.78 is 11.0. The fourth-order valence-corrected chi connectivity index (χ4v) is 2.59. The van der Waals surface area contributed by atoms with Gasteiger partial charge in [0.05, 0.1) is 12.3 Å². The zero-order valence-corrected chi connectivity index (χ0v) is 9.87. The summed E-state index contributed by atoms with van der Waals surface area (Å²) in [4.78, 5) is 4.76. The van der Waals surface area contributed by atoms with E-state index in [1.165, 1.54) is 13.0 Å². The quantitative estimate of drug-likeness (QED) is 0.632. The van der Waals surface area contributed by atoms with Gasteiger partial charge in [0, 0.05) is 39.9 Å². The second-order valence-electron chi connectivity index (χ2n) is 4.84. The number of likely N-dealkylation sites (tertiary alicyclic amines) is 1. The lowest BCUT2D eigenvalue weighted by atomic mass is 10.0. The summed E-state index contributed by atoms with van der Waals surface area (Å²) >= 11 is 0. The zero-order chi connectivity index (χ0) is 10.7. The van der Waals surface area contributed by atoms with Gasteiger partial charge in [-0.05, 0) is 19.9 Å². The summed E-state index contributed by atoms with van der Waals surface area (Å²) in [7, 11) is 3.93. The molecule has 1 unspecified atom stereocenters. The Bertz CT molecular complexity index is 211. The fourth-order valence-electron chi connectivity index (χ4n) is 2.59. The third-order valence-electron chi connectivity index (χ3n) is 3.40. The SMILES string of the molecule is COCCCN1COC2(CCN(C)C2)C1. The normalized spacial score (nSPS) is 33.2. The molecule has 1 atom stereocenters. The highest BCUT2D eigenvalue weighted by atomic mass is 16.5. The first-order valence-electron chi connectivity index (χ1n) is 5.78. The van der Waals surface area contributed by atoms with E-state index in [4.69, 9.17) is 9.47 Å². The van der Waals surface area contributed by atoms with Crippen LogP contribution in [0.25, 0.3) is 0 Å². The van der Waals surface area contributed by atoms with Gasteiger partial charge in [0.25, 0.3) is 0 Å². The van der Waals surface area contributed by atoms with E-state index in [0.29, 0.717) is 0 Å². The van der Waals surface area contributed by atoms with Crippen LogP contribution < -0.4 is 0 Å². The van der Waals surface area contributed by atoms with Crippen molar-refractivity contribution < 1.29 is 9.47 Å². The Morgan fingerprint density at radius 2 is 2.27 bits per heavy atom. The monoisotopic (exact) mass is 214 g/mol. The highest BCUT2D eigenvalue weighted by molar-refractivity contribution is 4.96. The Balaban J connectivity index is 1.74. The Hall–Kier alpha value is -0.160. The number of nitrogens with zero attached hydrogens (tertiary/aromatic N) is 2. The van der Waals surface area contributed by atoms with Crippen molar-refractivity contribution in [1.29, 1.82) is 0 Å². The Labute approximate surface area is 92.1 Å². The lowest BCUT2D eigenvalue weighted by Gasteiger charge is -2.21. The molecule has 4 nitrogen and oxygen atoms in total. The topological polar surface area (TPSA) is 24.9 Å². The smallest absolute Gasteiger partial charge is 0.1000 e. The van der Waals surface area contributed by atoms with Gasteiger partial charge >= 0.3 is 0 Å². The second kappa shape index (κ2) is 4.78. The predicted octanol–water partition coefficient (Wildman–Crippen LogP) is 0.387. The van der Waals surface area contributed by atoms with E-state index < -0.39 is 0 Å². The minimum Gasteiger partial charge on any atom is -0.385 e. The van der Waals surface area contributed by atoms with Crippen molar-refractivity contribution in [2.24, 2.45) is 0 Å². The number of ether oxygens (including phenoxy) is 2. The van der Waals surface area contributed by atoms with Crippen molar-refractivity contribution in [2.45, 2.75) is 18.4 Å². The molecule has 2 saturated heterocycles. The van der Waals surface area contributed by atoms with Gasteiger partial charge in [-0.3, -0.25) is 4.90 Å². The molecule has 0 N–H and O–H groups in total. The van der Waals surface area contributed by atoms with E-state index in [2.05, 4.69) is 16.8 Å². The van der Waals surface area contributed by atoms with Crippen molar-refractivity contribution in [2.75, 3.05) is 53.7 Å². The molecule has 15 heavy (non-hydrogen) atoms. The molecule has 2 heterocycles. The van der Waals surface area contributed by atoms with E-state index in [1.54, 1.807) is 7.11 Å². The molecule has 0 aromatic carbocycles. The lowest BCUT2D eigenvalue weighted by molar-refractivity contribution is 0.0132. The Morgan fingerprint density at radius 1 is 1.40 bits per heavy atom. The average molecular weight is 214 g/mol. The maximum atomic E-state index is 5.96. The fraction of sp³-hybridized carbons (Fsp3) is 1.00. The maximum Gasteiger partial charge on any atom is 0.1000 e. The summed E-state index contributed by atoms with van der Waals surface area (Å²) in [6.07, 6.45) is 2.29. The molecule has 0 radical (unpaired) electrons. The molecule has 0 aromatic heterocycles. The molecule has 2 fully saturated rings. The predicted molar refractivity (Wildman–Crippen MR) is 58.9 cm³/mol. The summed E-state index contributed by atoms with van der Waals surface area (Å²) in [6.45, 7) is 6.11. The van der Waals surface area contributed by atoms with Crippen LogP contribution >= 0.6 is 0 Å². The summed E-state index contributed by atoms with van der Waals surface area (Å²) in [6, 6.07) is 0. The largest absolute Gasteiger partial charge is 0.385 e. The van der Waals surface area contributed by atoms with Gasteiger partial charge < -0.3 is 14.4 Å². The van der Waals surface area contributed by atoms with Gasteiger partial charge in [0.15, 0.2) is 0 Å². The van der Waals surface area contributed by atoms with E-state index >= 15 is 0 Å². The molecule has 2 aliphatic heterocycles. The van der Waals surface area contributed by atoms with Crippen LogP contribution in [0.5, 0.6) is 0 Å². The molecular formula is C11H22N2O2. The maximum absolute atomic E-state index is 5.96. The second-order valence-corrected chi connectivity index (χ2v) is 4.84. The summed E-state index contributed by atoms with van der Waals surface area (Å²) in [5, 5.41) is 0. The van der Waals surface area contributed by atoms with Crippen molar-refractivity contribution in [3.05, 3.63) is 0 Å². The van der Waals surface area contributed by atoms with Gasteiger partial charge in [-0.15, -0.1) is 0 Å². The molecule has 2 aliphatic rings. The molecule has 0 aliphatic carbocycles. The van der Waals surface area contributed by atoms with Crippen LogP contribution in [0.15, 0.2) is 0 Å². The molecule has 88 valence electrons. The minimum absolute atomic E-state index is 0.141. The molecule has 4 heteroatoms. The van der Waals surface area contributed by atoms with Crippen LogP contribution in [0, 0.1) is 0 Å². The molecule has 0 bridgehead atoms. The van der Waals surface area contributed by atoms with Crippen LogP contribution in [-0.2, 0) is 9.47 Å². The number of hydrogen-bond acceptors (Lipinski definition) is 4. The van der Waals surface area contributed by atoms with E-state index in [9.17, 15) is 0 Å². The highest BCUT2D eigenvalue weighted by Gasteiger charge is 2.43. The molecular weight excluding hydrogens is 192 g/mol. The van der Waals surface area contributed by atoms with E-state index in [0.717, 1.165) is 39.4 Å².